The van der Waals surface area contributed by atoms with Crippen LogP contribution in [0.3, 0.4) is 0 Å². The minimum atomic E-state index is -0.102. The Balaban J connectivity index is 1.49. The molecule has 0 aromatic heterocycles. The summed E-state index contributed by atoms with van der Waals surface area (Å²) in [4.78, 5) is 11.8. The number of hydrogen-bond acceptors (Lipinski definition) is 3. The van der Waals surface area contributed by atoms with E-state index in [-0.39, 0.29) is 11.6 Å². The Hall–Kier alpha value is -0.680. The monoisotopic (exact) mass is 326 g/mol. The van der Waals surface area contributed by atoms with Gasteiger partial charge in [0, 0.05) is 12.9 Å². The van der Waals surface area contributed by atoms with Crippen LogP contribution < -0.4 is 10.0 Å². The summed E-state index contributed by atoms with van der Waals surface area (Å²) in [6.45, 7) is 2.83. The van der Waals surface area contributed by atoms with Crippen LogP contribution in [0.5, 0.6) is 0 Å². The molecule has 4 nitrogen and oxygen atoms in total. The summed E-state index contributed by atoms with van der Waals surface area (Å²) in [6, 6.07) is -0.0905. The van der Waals surface area contributed by atoms with Crippen molar-refractivity contribution < 1.29 is 9.53 Å². The van der Waals surface area contributed by atoms with E-state index >= 15 is 0 Å². The number of rotatable bonds is 10. The Morgan fingerprint density at radius 1 is 1.41 bits per heavy atom. The normalized spacial score (nSPS) is 21.4. The summed E-state index contributed by atoms with van der Waals surface area (Å²) < 4.78 is 8.02. The molecule has 0 radical (unpaired) electrons. The maximum absolute atomic E-state index is 11.8. The van der Waals surface area contributed by atoms with Gasteiger partial charge in [0.05, 0.1) is 12.1 Å². The molecule has 0 bridgehead atoms. The molecule has 1 atom stereocenters. The van der Waals surface area contributed by atoms with E-state index in [0.29, 0.717) is 12.5 Å². The largest absolute Gasteiger partial charge is 0.382 e. The topological polar surface area (TPSA) is 50.4 Å². The van der Waals surface area contributed by atoms with Crippen LogP contribution >= 0.6 is 11.9 Å². The van der Waals surface area contributed by atoms with E-state index in [1.54, 1.807) is 7.11 Å². The van der Waals surface area contributed by atoms with Crippen LogP contribution in [0.1, 0.15) is 51.9 Å². The van der Waals surface area contributed by atoms with Crippen molar-refractivity contribution in [2.45, 2.75) is 57.4 Å². The molecule has 2 N–H and O–H groups in total. The van der Waals surface area contributed by atoms with Crippen LogP contribution in [-0.2, 0) is 4.74 Å². The molecular formula is C17H30N2O2S. The number of nitrogens with one attached hydrogen (secondary N) is 2. The summed E-state index contributed by atoms with van der Waals surface area (Å²) in [5, 5.41) is 3.01. The SMILES string of the molecule is COCC1(NC(=O)NSC[C@@H](C)C/C=C/CC2CCC2)CC1. The van der Waals surface area contributed by atoms with Crippen LogP contribution in [-0.4, -0.2) is 31.0 Å². The Morgan fingerprint density at radius 3 is 2.77 bits per heavy atom. The van der Waals surface area contributed by atoms with Gasteiger partial charge in [-0.2, -0.15) is 0 Å². The minimum Gasteiger partial charge on any atom is -0.382 e. The highest BCUT2D eigenvalue weighted by molar-refractivity contribution is 7.97. The minimum absolute atomic E-state index is 0.0905. The van der Waals surface area contributed by atoms with Crippen molar-refractivity contribution in [3.63, 3.8) is 0 Å². The zero-order chi connectivity index (χ0) is 15.8. The van der Waals surface area contributed by atoms with Crippen LogP contribution in [0.2, 0.25) is 0 Å². The summed E-state index contributed by atoms with van der Waals surface area (Å²) >= 11 is 1.50. The van der Waals surface area contributed by atoms with Crippen molar-refractivity contribution in [2.75, 3.05) is 19.5 Å². The molecule has 22 heavy (non-hydrogen) atoms. The molecule has 0 aromatic carbocycles. The van der Waals surface area contributed by atoms with Crippen molar-refractivity contribution in [3.05, 3.63) is 12.2 Å². The molecule has 0 heterocycles. The molecule has 126 valence electrons. The quantitative estimate of drug-likeness (QED) is 0.473. The number of amides is 2. The Bertz CT molecular complexity index is 379. The second kappa shape index (κ2) is 8.82. The lowest BCUT2D eigenvalue weighted by molar-refractivity contribution is 0.158. The number of urea groups is 1. The third kappa shape index (κ3) is 6.21. The molecule has 0 aromatic rings. The molecule has 0 aliphatic heterocycles. The standard InChI is InChI=1S/C17H30N2O2S/c1-14(6-3-4-7-15-8-5-9-15)12-22-19-16(20)18-17(10-11-17)13-21-2/h3-4,14-15H,5-13H2,1-2H3,(H2,18,19,20)/b4-3+/t14-/m0/s1. The van der Waals surface area contributed by atoms with Gasteiger partial charge in [0.1, 0.15) is 0 Å². The van der Waals surface area contributed by atoms with Gasteiger partial charge in [0.15, 0.2) is 0 Å². The Kier molecular flexibility index (Phi) is 7.09. The van der Waals surface area contributed by atoms with Gasteiger partial charge < -0.3 is 10.1 Å². The maximum atomic E-state index is 11.8. The van der Waals surface area contributed by atoms with Gasteiger partial charge in [0.25, 0.3) is 0 Å². The number of ether oxygens (including phenoxy) is 1. The van der Waals surface area contributed by atoms with Crippen molar-refractivity contribution in [2.24, 2.45) is 11.8 Å². The van der Waals surface area contributed by atoms with Gasteiger partial charge in [-0.3, -0.25) is 4.72 Å². The van der Waals surface area contributed by atoms with Gasteiger partial charge in [-0.05, 0) is 49.5 Å². The highest BCUT2D eigenvalue weighted by atomic mass is 32.2. The maximum Gasteiger partial charge on any atom is 0.325 e. The van der Waals surface area contributed by atoms with Gasteiger partial charge in [-0.25, -0.2) is 4.79 Å². The van der Waals surface area contributed by atoms with E-state index in [9.17, 15) is 4.79 Å². The second-order valence-corrected chi connectivity index (χ2v) is 7.75. The van der Waals surface area contributed by atoms with Crippen LogP contribution in [0.15, 0.2) is 12.2 Å². The summed E-state index contributed by atoms with van der Waals surface area (Å²) in [5.74, 6) is 2.48. The molecule has 0 spiro atoms. The zero-order valence-corrected chi connectivity index (χ0v) is 14.7. The van der Waals surface area contributed by atoms with E-state index in [0.717, 1.165) is 30.9 Å². The number of carbonyl (C=O) groups is 1. The van der Waals surface area contributed by atoms with Crippen LogP contribution in [0.25, 0.3) is 0 Å². The van der Waals surface area contributed by atoms with Crippen LogP contribution in [0, 0.1) is 11.8 Å². The van der Waals surface area contributed by atoms with Gasteiger partial charge in [-0.1, -0.05) is 38.3 Å². The molecule has 0 saturated heterocycles. The fourth-order valence-electron chi connectivity index (χ4n) is 2.66. The van der Waals surface area contributed by atoms with Crippen molar-refractivity contribution in [1.29, 1.82) is 0 Å². The average molecular weight is 327 g/mol. The number of carbonyl (C=O) groups excluding carboxylic acids is 1. The Morgan fingerprint density at radius 2 is 2.18 bits per heavy atom. The Labute approximate surface area is 139 Å². The number of methoxy groups -OCH3 is 1. The van der Waals surface area contributed by atoms with E-state index in [4.69, 9.17) is 4.74 Å². The summed E-state index contributed by atoms with van der Waals surface area (Å²) in [7, 11) is 1.68. The third-order valence-corrected chi connectivity index (χ3v) is 5.65. The predicted octanol–water partition coefficient (Wildman–Crippen LogP) is 3.89. The first kappa shape index (κ1) is 17.7. The predicted molar refractivity (Wildman–Crippen MR) is 92.8 cm³/mol. The lowest BCUT2D eigenvalue weighted by Crippen LogP contribution is -2.44. The average Bonchev–Trinajstić information content (AvgIpc) is 3.16. The summed E-state index contributed by atoms with van der Waals surface area (Å²) in [6.07, 6.45) is 13.3. The third-order valence-electron chi connectivity index (χ3n) is 4.58. The highest BCUT2D eigenvalue weighted by Gasteiger charge is 2.44. The van der Waals surface area contributed by atoms with E-state index in [2.05, 4.69) is 29.1 Å². The number of allylic oxidation sites excluding steroid dienone is 2. The zero-order valence-electron chi connectivity index (χ0n) is 13.9. The number of hydrogen-bond donors (Lipinski definition) is 2. The molecule has 5 heteroatoms. The first-order valence-electron chi connectivity index (χ1n) is 8.47. The molecule has 2 rings (SSSR count). The van der Waals surface area contributed by atoms with Gasteiger partial charge in [-0.15, -0.1) is 0 Å². The lowest BCUT2D eigenvalue weighted by atomic mass is 9.83. The van der Waals surface area contributed by atoms with E-state index < -0.39 is 0 Å². The van der Waals surface area contributed by atoms with Crippen LogP contribution in [0.4, 0.5) is 4.79 Å². The fourth-order valence-corrected chi connectivity index (χ4v) is 3.35. The molecule has 2 saturated carbocycles. The van der Waals surface area contributed by atoms with Crippen molar-refractivity contribution in [3.8, 4) is 0 Å². The van der Waals surface area contributed by atoms with Crippen molar-refractivity contribution in [1.82, 2.24) is 10.0 Å². The van der Waals surface area contributed by atoms with E-state index in [1.165, 1.54) is 37.6 Å². The van der Waals surface area contributed by atoms with Gasteiger partial charge >= 0.3 is 6.03 Å². The van der Waals surface area contributed by atoms with Gasteiger partial charge in [0.2, 0.25) is 0 Å². The van der Waals surface area contributed by atoms with Crippen molar-refractivity contribution >= 4 is 18.0 Å². The summed E-state index contributed by atoms with van der Waals surface area (Å²) in [5.41, 5.74) is -0.102. The molecule has 2 aliphatic carbocycles. The first-order chi connectivity index (χ1) is 10.6. The molecule has 2 fully saturated rings. The lowest BCUT2D eigenvalue weighted by Gasteiger charge is -2.23. The first-order valence-corrected chi connectivity index (χ1v) is 9.46. The fraction of sp³-hybridized carbons (Fsp3) is 0.824. The molecule has 2 aliphatic rings. The molecule has 0 unspecified atom stereocenters. The second-order valence-electron chi connectivity index (χ2n) is 6.93. The van der Waals surface area contributed by atoms with E-state index in [1.807, 2.05) is 0 Å². The smallest absolute Gasteiger partial charge is 0.325 e. The molecule has 2 amide bonds. The highest BCUT2D eigenvalue weighted by Crippen LogP contribution is 2.35. The molecular weight excluding hydrogens is 296 g/mol.